The number of nitrogens with zero attached hydrogens (tertiary/aromatic N) is 1. The van der Waals surface area contributed by atoms with Gasteiger partial charge < -0.3 is 15.4 Å². The Hall–Kier alpha value is -3.89. The van der Waals surface area contributed by atoms with E-state index in [-0.39, 0.29) is 12.1 Å². The first-order chi connectivity index (χ1) is 19.3. The number of β-lactam (4-membered cyclic amide) rings is 1. The number of hydrogen-bond donors (Lipinski definition) is 2. The standard InChI is InChI=1S/C30H26BrN3O5S/c1-19(35)32-30(33-24(36)17-20-11-5-2-6-12-20)28(38)34-25(23(31)18-40-29(30)34)27(37)39-26(21-13-7-3-8-14-21)22-15-9-4-10-16-22/h2-16,26,29H,17-18H2,1H3,(H,32,35)(H,33,36)/t29-,30+/m0/s1. The molecule has 0 unspecified atom stereocenters. The largest absolute Gasteiger partial charge is 0.448 e. The fourth-order valence-electron chi connectivity index (χ4n) is 4.84. The number of benzene rings is 3. The smallest absolute Gasteiger partial charge is 0.356 e. The first-order valence-electron chi connectivity index (χ1n) is 12.6. The number of amides is 3. The van der Waals surface area contributed by atoms with Crippen LogP contribution in [0.2, 0.25) is 0 Å². The summed E-state index contributed by atoms with van der Waals surface area (Å²) in [6, 6.07) is 27.8. The minimum absolute atomic E-state index is 0.0249. The molecule has 2 aliphatic rings. The number of esters is 1. The number of hydrogen-bond acceptors (Lipinski definition) is 6. The maximum Gasteiger partial charge on any atom is 0.356 e. The second kappa shape index (κ2) is 11.7. The summed E-state index contributed by atoms with van der Waals surface area (Å²) >= 11 is 4.78. The molecule has 0 aliphatic carbocycles. The van der Waals surface area contributed by atoms with Crippen molar-refractivity contribution < 1.29 is 23.9 Å². The van der Waals surface area contributed by atoms with Gasteiger partial charge >= 0.3 is 5.97 Å². The topological polar surface area (TPSA) is 105 Å². The molecule has 0 saturated carbocycles. The van der Waals surface area contributed by atoms with Gasteiger partial charge in [0.15, 0.2) is 6.10 Å². The van der Waals surface area contributed by atoms with Gasteiger partial charge in [-0.05, 0) is 16.7 Å². The predicted octanol–water partition coefficient (Wildman–Crippen LogP) is 4.03. The van der Waals surface area contributed by atoms with Crippen molar-refractivity contribution in [2.75, 3.05) is 5.75 Å². The molecule has 2 heterocycles. The van der Waals surface area contributed by atoms with Crippen molar-refractivity contribution in [2.24, 2.45) is 0 Å². The molecule has 3 aromatic carbocycles. The monoisotopic (exact) mass is 619 g/mol. The highest BCUT2D eigenvalue weighted by Gasteiger charge is 2.66. The molecule has 3 amide bonds. The van der Waals surface area contributed by atoms with Gasteiger partial charge in [-0.3, -0.25) is 19.3 Å². The number of fused-ring (bicyclic) bond motifs is 1. The number of nitrogens with one attached hydrogen (secondary N) is 2. The van der Waals surface area contributed by atoms with E-state index in [1.54, 1.807) is 12.1 Å². The molecule has 3 aromatic rings. The Kier molecular flexibility index (Phi) is 8.09. The lowest BCUT2D eigenvalue weighted by molar-refractivity contribution is -0.165. The molecule has 0 bridgehead atoms. The number of carbonyl (C=O) groups is 4. The molecule has 1 fully saturated rings. The third kappa shape index (κ3) is 5.41. The van der Waals surface area contributed by atoms with Crippen LogP contribution in [0.25, 0.3) is 0 Å². The summed E-state index contributed by atoms with van der Waals surface area (Å²) in [5, 5.41) is 4.65. The van der Waals surface area contributed by atoms with Crippen LogP contribution in [0.5, 0.6) is 0 Å². The van der Waals surface area contributed by atoms with Gasteiger partial charge in [0.25, 0.3) is 5.91 Å². The highest BCUT2D eigenvalue weighted by molar-refractivity contribution is 9.11. The molecule has 0 radical (unpaired) electrons. The van der Waals surface area contributed by atoms with Crippen molar-refractivity contribution in [1.82, 2.24) is 15.5 Å². The average Bonchev–Trinajstić information content (AvgIpc) is 2.96. The highest BCUT2D eigenvalue weighted by atomic mass is 79.9. The van der Waals surface area contributed by atoms with Gasteiger partial charge in [-0.1, -0.05) is 107 Å². The third-order valence-electron chi connectivity index (χ3n) is 6.57. The summed E-state index contributed by atoms with van der Waals surface area (Å²) in [5.74, 6) is -1.91. The predicted molar refractivity (Wildman–Crippen MR) is 155 cm³/mol. The lowest BCUT2D eigenvalue weighted by atomic mass is 9.95. The summed E-state index contributed by atoms with van der Waals surface area (Å²) in [5.41, 5.74) is 0.661. The summed E-state index contributed by atoms with van der Waals surface area (Å²) in [4.78, 5) is 53.9. The number of carbonyl (C=O) groups excluding carboxylic acids is 4. The van der Waals surface area contributed by atoms with Crippen molar-refractivity contribution in [3.63, 3.8) is 0 Å². The van der Waals surface area contributed by atoms with E-state index >= 15 is 0 Å². The first kappa shape index (κ1) is 27.7. The van der Waals surface area contributed by atoms with E-state index in [2.05, 4.69) is 26.6 Å². The summed E-state index contributed by atoms with van der Waals surface area (Å²) in [6.45, 7) is 1.28. The third-order valence-corrected chi connectivity index (χ3v) is 8.93. The highest BCUT2D eigenvalue weighted by Crippen LogP contribution is 2.47. The molecule has 5 rings (SSSR count). The Bertz CT molecular complexity index is 1430. The van der Waals surface area contributed by atoms with Crippen LogP contribution in [-0.4, -0.2) is 45.4 Å². The van der Waals surface area contributed by atoms with E-state index in [1.807, 2.05) is 78.9 Å². The zero-order valence-electron chi connectivity index (χ0n) is 21.5. The fraction of sp³-hybridized carbons (Fsp3) is 0.200. The Morgan fingerprint density at radius 2 is 1.50 bits per heavy atom. The first-order valence-corrected chi connectivity index (χ1v) is 14.4. The van der Waals surface area contributed by atoms with Crippen LogP contribution in [0.15, 0.2) is 101 Å². The molecular formula is C30H26BrN3O5S. The van der Waals surface area contributed by atoms with Crippen LogP contribution < -0.4 is 10.6 Å². The molecule has 10 heteroatoms. The summed E-state index contributed by atoms with van der Waals surface area (Å²) in [6.07, 6.45) is -0.685. The van der Waals surface area contributed by atoms with Crippen LogP contribution in [0.1, 0.15) is 29.7 Å². The molecule has 2 N–H and O–H groups in total. The van der Waals surface area contributed by atoms with E-state index in [0.29, 0.717) is 10.2 Å². The second-order valence-electron chi connectivity index (χ2n) is 9.40. The van der Waals surface area contributed by atoms with Gasteiger partial charge in [-0.2, -0.15) is 0 Å². The Morgan fingerprint density at radius 3 is 2.05 bits per heavy atom. The van der Waals surface area contributed by atoms with Crippen molar-refractivity contribution in [3.8, 4) is 0 Å². The molecule has 0 spiro atoms. The van der Waals surface area contributed by atoms with E-state index < -0.39 is 40.8 Å². The number of ether oxygens (including phenoxy) is 1. The Labute approximate surface area is 244 Å². The van der Waals surface area contributed by atoms with Crippen LogP contribution in [-0.2, 0) is 30.3 Å². The quantitative estimate of drug-likeness (QED) is 0.224. The molecule has 1 saturated heterocycles. The van der Waals surface area contributed by atoms with Crippen molar-refractivity contribution in [3.05, 3.63) is 118 Å². The molecule has 8 nitrogen and oxygen atoms in total. The van der Waals surface area contributed by atoms with Crippen LogP contribution in [0, 0.1) is 0 Å². The Morgan fingerprint density at radius 1 is 0.950 bits per heavy atom. The lowest BCUT2D eigenvalue weighted by Crippen LogP contribution is -2.85. The zero-order valence-corrected chi connectivity index (χ0v) is 23.9. The van der Waals surface area contributed by atoms with Crippen molar-refractivity contribution >= 4 is 51.4 Å². The van der Waals surface area contributed by atoms with Crippen LogP contribution in [0.3, 0.4) is 0 Å². The van der Waals surface area contributed by atoms with Crippen molar-refractivity contribution in [2.45, 2.75) is 30.5 Å². The fourth-order valence-corrected chi connectivity index (χ4v) is 6.85. The maximum absolute atomic E-state index is 13.7. The normalized spacial score (nSPS) is 19.9. The molecular weight excluding hydrogens is 594 g/mol. The lowest BCUT2D eigenvalue weighted by Gasteiger charge is -2.56. The van der Waals surface area contributed by atoms with Gasteiger partial charge in [-0.15, -0.1) is 11.8 Å². The second-order valence-corrected chi connectivity index (χ2v) is 11.4. The molecule has 2 atom stereocenters. The van der Waals surface area contributed by atoms with E-state index in [0.717, 1.165) is 16.7 Å². The van der Waals surface area contributed by atoms with Gasteiger partial charge in [-0.25, -0.2) is 4.79 Å². The Balaban J connectivity index is 1.41. The number of rotatable bonds is 8. The molecule has 2 aliphatic heterocycles. The van der Waals surface area contributed by atoms with E-state index in [9.17, 15) is 19.2 Å². The van der Waals surface area contributed by atoms with E-state index in [4.69, 9.17) is 4.74 Å². The van der Waals surface area contributed by atoms with Crippen LogP contribution >= 0.6 is 27.7 Å². The molecule has 0 aromatic heterocycles. The minimum Gasteiger partial charge on any atom is -0.448 e. The molecule has 204 valence electrons. The summed E-state index contributed by atoms with van der Waals surface area (Å²) in [7, 11) is 0. The van der Waals surface area contributed by atoms with Gasteiger partial charge in [0, 0.05) is 17.2 Å². The van der Waals surface area contributed by atoms with Crippen molar-refractivity contribution in [1.29, 1.82) is 0 Å². The van der Waals surface area contributed by atoms with E-state index in [1.165, 1.54) is 23.6 Å². The zero-order chi connectivity index (χ0) is 28.3. The minimum atomic E-state index is -1.69. The maximum atomic E-state index is 13.7. The average molecular weight is 621 g/mol. The molecule has 40 heavy (non-hydrogen) atoms. The number of halogens is 1. The van der Waals surface area contributed by atoms with Gasteiger partial charge in [0.05, 0.1) is 6.42 Å². The van der Waals surface area contributed by atoms with Crippen LogP contribution in [0.4, 0.5) is 0 Å². The van der Waals surface area contributed by atoms with Gasteiger partial charge in [0.1, 0.15) is 11.1 Å². The summed E-state index contributed by atoms with van der Waals surface area (Å²) < 4.78 is 6.52. The van der Waals surface area contributed by atoms with Gasteiger partial charge in [0.2, 0.25) is 17.5 Å². The number of thioether (sulfide) groups is 1. The SMILES string of the molecule is CC(=O)N[C@@]1(NC(=O)Cc2ccccc2)C(=O)N2C(C(=O)OC(c3ccccc3)c3ccccc3)=C(Br)CS[C@H]21.